The Morgan fingerprint density at radius 3 is 2.95 bits per heavy atom. The average Bonchev–Trinajstić information content (AvgIpc) is 2.52. The first-order chi connectivity index (χ1) is 9.06. The van der Waals surface area contributed by atoms with E-state index in [1.807, 2.05) is 24.1 Å². The molecule has 1 atom stereocenters. The first-order valence-corrected chi connectivity index (χ1v) is 6.56. The van der Waals surface area contributed by atoms with Gasteiger partial charge in [-0.25, -0.2) is 0 Å². The van der Waals surface area contributed by atoms with E-state index in [1.54, 1.807) is 17.0 Å². The quantitative estimate of drug-likeness (QED) is 0.778. The highest BCUT2D eigenvalue weighted by atomic mass is 16.3. The number of anilines is 1. The molecule has 5 heteroatoms. The van der Waals surface area contributed by atoms with Gasteiger partial charge in [0.2, 0.25) is 5.91 Å². The van der Waals surface area contributed by atoms with Crippen molar-refractivity contribution in [3.63, 3.8) is 0 Å². The molecule has 0 radical (unpaired) electrons. The van der Waals surface area contributed by atoms with Gasteiger partial charge >= 0.3 is 0 Å². The lowest BCUT2D eigenvalue weighted by molar-refractivity contribution is -0.130. The van der Waals surface area contributed by atoms with Crippen molar-refractivity contribution in [3.05, 3.63) is 29.8 Å². The van der Waals surface area contributed by atoms with E-state index >= 15 is 0 Å². The Labute approximate surface area is 113 Å². The second kappa shape index (κ2) is 6.04. The highest BCUT2D eigenvalue weighted by Gasteiger charge is 2.21. The fourth-order valence-corrected chi connectivity index (χ4v) is 2.32. The molecule has 1 saturated heterocycles. The predicted octanol–water partition coefficient (Wildman–Crippen LogP) is 0.466. The Bertz CT molecular complexity index is 450. The molecule has 2 rings (SSSR count). The van der Waals surface area contributed by atoms with Gasteiger partial charge < -0.3 is 15.7 Å². The van der Waals surface area contributed by atoms with Crippen molar-refractivity contribution in [3.8, 4) is 0 Å². The maximum atomic E-state index is 11.8. The zero-order valence-corrected chi connectivity index (χ0v) is 11.2. The van der Waals surface area contributed by atoms with Crippen molar-refractivity contribution < 1.29 is 9.90 Å². The summed E-state index contributed by atoms with van der Waals surface area (Å²) in [5.41, 5.74) is 7.15. The van der Waals surface area contributed by atoms with Crippen LogP contribution in [0.5, 0.6) is 0 Å². The number of β-amino-alcohol motifs (C(OH)–C–C–N with tert-alkyl or cyclic N) is 1. The van der Waals surface area contributed by atoms with Crippen molar-refractivity contribution in [2.45, 2.75) is 12.5 Å². The Morgan fingerprint density at radius 1 is 1.42 bits per heavy atom. The number of nitrogens with zero attached hydrogens (tertiary/aromatic N) is 2. The zero-order chi connectivity index (χ0) is 13.8. The van der Waals surface area contributed by atoms with Crippen LogP contribution in [0.4, 0.5) is 5.69 Å². The van der Waals surface area contributed by atoms with E-state index in [0.717, 1.165) is 25.1 Å². The van der Waals surface area contributed by atoms with Gasteiger partial charge in [-0.1, -0.05) is 12.1 Å². The molecular weight excluding hydrogens is 242 g/mol. The summed E-state index contributed by atoms with van der Waals surface area (Å²) in [5.74, 6) is 0.109. The Morgan fingerprint density at radius 2 is 2.21 bits per heavy atom. The number of aliphatic hydroxyl groups is 1. The largest absolute Gasteiger partial charge is 0.399 e. The smallest absolute Gasteiger partial charge is 0.236 e. The number of carbonyl (C=O) groups excluding carboxylic acids is 1. The Kier molecular flexibility index (Phi) is 4.39. The molecule has 0 aliphatic carbocycles. The number of amides is 1. The van der Waals surface area contributed by atoms with Crippen molar-refractivity contribution >= 4 is 11.6 Å². The minimum Gasteiger partial charge on any atom is -0.399 e. The van der Waals surface area contributed by atoms with Crippen LogP contribution in [0.25, 0.3) is 0 Å². The molecule has 1 aliphatic heterocycles. The van der Waals surface area contributed by atoms with Crippen LogP contribution < -0.4 is 5.73 Å². The van der Waals surface area contributed by atoms with Gasteiger partial charge in [0.25, 0.3) is 0 Å². The fraction of sp³-hybridized carbons (Fsp3) is 0.500. The molecule has 0 bridgehead atoms. The van der Waals surface area contributed by atoms with Gasteiger partial charge in [0.1, 0.15) is 0 Å². The van der Waals surface area contributed by atoms with E-state index in [-0.39, 0.29) is 5.91 Å². The number of benzene rings is 1. The van der Waals surface area contributed by atoms with E-state index in [1.165, 1.54) is 0 Å². The molecule has 1 aromatic carbocycles. The number of carbonyl (C=O) groups is 1. The first-order valence-electron chi connectivity index (χ1n) is 6.56. The van der Waals surface area contributed by atoms with E-state index in [4.69, 9.17) is 5.73 Å². The summed E-state index contributed by atoms with van der Waals surface area (Å²) in [4.78, 5) is 15.5. The predicted molar refractivity (Wildman–Crippen MR) is 74.5 cm³/mol. The van der Waals surface area contributed by atoms with Gasteiger partial charge in [-0.05, 0) is 24.1 Å². The van der Waals surface area contributed by atoms with Gasteiger partial charge in [-0.15, -0.1) is 0 Å². The molecular formula is C14H21N3O2. The van der Waals surface area contributed by atoms with Crippen LogP contribution in [-0.2, 0) is 4.79 Å². The molecule has 5 nitrogen and oxygen atoms in total. The van der Waals surface area contributed by atoms with Crippen molar-refractivity contribution in [1.29, 1.82) is 0 Å². The summed E-state index contributed by atoms with van der Waals surface area (Å²) >= 11 is 0. The van der Waals surface area contributed by atoms with Crippen LogP contribution in [0.3, 0.4) is 0 Å². The highest BCUT2D eigenvalue weighted by Crippen LogP contribution is 2.17. The fourth-order valence-electron chi connectivity index (χ4n) is 2.32. The van der Waals surface area contributed by atoms with Crippen molar-refractivity contribution in [2.24, 2.45) is 0 Å². The lowest BCUT2D eigenvalue weighted by Crippen LogP contribution is -2.36. The maximum Gasteiger partial charge on any atom is 0.236 e. The number of nitrogen functional groups attached to an aromatic ring is 1. The van der Waals surface area contributed by atoms with Gasteiger partial charge in [0.05, 0.1) is 12.6 Å². The molecule has 104 valence electrons. The van der Waals surface area contributed by atoms with Crippen LogP contribution in [0, 0.1) is 0 Å². The number of rotatable bonds is 3. The van der Waals surface area contributed by atoms with Crippen molar-refractivity contribution in [1.82, 2.24) is 9.80 Å². The third kappa shape index (κ3) is 3.68. The summed E-state index contributed by atoms with van der Waals surface area (Å²) in [6.45, 7) is 2.44. The summed E-state index contributed by atoms with van der Waals surface area (Å²) < 4.78 is 0. The SMILES string of the molecule is CN1CCCN(CC(O)c2cccc(N)c2)CC1=O. The molecule has 1 fully saturated rings. The van der Waals surface area contributed by atoms with E-state index in [0.29, 0.717) is 18.8 Å². The van der Waals surface area contributed by atoms with E-state index in [9.17, 15) is 9.90 Å². The highest BCUT2D eigenvalue weighted by molar-refractivity contribution is 5.78. The van der Waals surface area contributed by atoms with Crippen LogP contribution in [-0.4, -0.2) is 54.0 Å². The number of aliphatic hydroxyl groups excluding tert-OH is 1. The van der Waals surface area contributed by atoms with Gasteiger partial charge in [-0.3, -0.25) is 9.69 Å². The molecule has 1 aliphatic rings. The minimum absolute atomic E-state index is 0.109. The molecule has 1 amide bonds. The molecule has 19 heavy (non-hydrogen) atoms. The van der Waals surface area contributed by atoms with Crippen LogP contribution >= 0.6 is 0 Å². The third-order valence-corrected chi connectivity index (χ3v) is 3.48. The second-order valence-electron chi connectivity index (χ2n) is 5.09. The lowest BCUT2D eigenvalue weighted by atomic mass is 10.1. The number of nitrogens with two attached hydrogens (primary N) is 1. The number of hydrogen-bond acceptors (Lipinski definition) is 4. The molecule has 0 aromatic heterocycles. The van der Waals surface area contributed by atoms with Crippen LogP contribution in [0.15, 0.2) is 24.3 Å². The molecule has 1 aromatic rings. The normalized spacial score (nSPS) is 19.3. The Balaban J connectivity index is 1.98. The molecule has 1 unspecified atom stereocenters. The van der Waals surface area contributed by atoms with Gasteiger partial charge in [0, 0.05) is 32.4 Å². The van der Waals surface area contributed by atoms with E-state index in [2.05, 4.69) is 0 Å². The molecule has 3 N–H and O–H groups in total. The molecule has 0 spiro atoms. The lowest BCUT2D eigenvalue weighted by Gasteiger charge is -2.22. The summed E-state index contributed by atoms with van der Waals surface area (Å²) in [6, 6.07) is 7.25. The first kappa shape index (κ1) is 13.8. The summed E-state index contributed by atoms with van der Waals surface area (Å²) in [6.07, 6.45) is 0.325. The molecule has 1 heterocycles. The van der Waals surface area contributed by atoms with Crippen LogP contribution in [0.2, 0.25) is 0 Å². The second-order valence-corrected chi connectivity index (χ2v) is 5.09. The van der Waals surface area contributed by atoms with E-state index < -0.39 is 6.10 Å². The number of likely N-dealkylation sites (N-methyl/N-ethyl adjacent to an activating group) is 1. The standard InChI is InChI=1S/C14H21N3O2/c1-16-6-3-7-17(10-14(16)19)9-13(18)11-4-2-5-12(15)8-11/h2,4-5,8,13,18H,3,6-7,9-10,15H2,1H3. The average molecular weight is 263 g/mol. The summed E-state index contributed by atoms with van der Waals surface area (Å²) in [7, 11) is 1.82. The van der Waals surface area contributed by atoms with Gasteiger partial charge in [-0.2, -0.15) is 0 Å². The van der Waals surface area contributed by atoms with Crippen molar-refractivity contribution in [2.75, 3.05) is 39.0 Å². The number of hydrogen-bond donors (Lipinski definition) is 2. The zero-order valence-electron chi connectivity index (χ0n) is 11.2. The third-order valence-electron chi connectivity index (χ3n) is 3.48. The minimum atomic E-state index is -0.611. The molecule has 0 saturated carbocycles. The Hall–Kier alpha value is -1.59. The summed E-state index contributed by atoms with van der Waals surface area (Å²) in [5, 5.41) is 10.2. The topological polar surface area (TPSA) is 69.8 Å². The maximum absolute atomic E-state index is 11.8. The van der Waals surface area contributed by atoms with Crippen LogP contribution in [0.1, 0.15) is 18.1 Å². The van der Waals surface area contributed by atoms with Gasteiger partial charge in [0.15, 0.2) is 0 Å². The monoisotopic (exact) mass is 263 g/mol.